The molecular formula is C15H21NO3. The van der Waals surface area contributed by atoms with Crippen molar-refractivity contribution in [1.82, 2.24) is 0 Å². The summed E-state index contributed by atoms with van der Waals surface area (Å²) >= 11 is 0. The number of rotatable bonds is 3. The predicted molar refractivity (Wildman–Crippen MR) is 75.2 cm³/mol. The van der Waals surface area contributed by atoms with E-state index in [1.807, 2.05) is 32.0 Å². The van der Waals surface area contributed by atoms with Crippen molar-refractivity contribution in [2.45, 2.75) is 20.3 Å². The number of carbonyl (C=O) groups excluding carboxylic acids is 1. The summed E-state index contributed by atoms with van der Waals surface area (Å²) in [5.41, 5.74) is 0.739. The molecule has 1 aromatic carbocycles. The van der Waals surface area contributed by atoms with Crippen LogP contribution in [0.5, 0.6) is 11.5 Å². The van der Waals surface area contributed by atoms with E-state index >= 15 is 0 Å². The van der Waals surface area contributed by atoms with Crippen LogP contribution in [-0.2, 0) is 4.79 Å². The number of carbonyl (C=O) groups is 1. The first-order chi connectivity index (χ1) is 8.97. The Balaban J connectivity index is 2.25. The van der Waals surface area contributed by atoms with E-state index in [0.29, 0.717) is 6.54 Å². The van der Waals surface area contributed by atoms with E-state index in [0.717, 1.165) is 30.2 Å². The van der Waals surface area contributed by atoms with Crippen molar-refractivity contribution < 1.29 is 14.3 Å². The van der Waals surface area contributed by atoms with Crippen LogP contribution < -0.4 is 14.4 Å². The average molecular weight is 263 g/mol. The molecule has 0 amide bonds. The fraction of sp³-hybridized carbons (Fsp3) is 0.533. The zero-order chi connectivity index (χ0) is 14.0. The van der Waals surface area contributed by atoms with E-state index in [4.69, 9.17) is 9.47 Å². The van der Waals surface area contributed by atoms with Gasteiger partial charge in [0.25, 0.3) is 0 Å². The zero-order valence-electron chi connectivity index (χ0n) is 12.0. The number of hydrogen-bond donors (Lipinski definition) is 0. The molecule has 2 rings (SSSR count). The second-order valence-electron chi connectivity index (χ2n) is 5.52. The maximum atomic E-state index is 12.1. The minimum atomic E-state index is -0.212. The van der Waals surface area contributed by atoms with Crippen molar-refractivity contribution in [3.05, 3.63) is 18.2 Å². The molecular weight excluding hydrogens is 242 g/mol. The van der Waals surface area contributed by atoms with Crippen molar-refractivity contribution in [2.75, 3.05) is 32.2 Å². The molecule has 1 aliphatic heterocycles. The van der Waals surface area contributed by atoms with Crippen LogP contribution in [0.1, 0.15) is 20.3 Å². The fourth-order valence-electron chi connectivity index (χ4n) is 2.27. The molecule has 1 heterocycles. The molecule has 0 saturated carbocycles. The van der Waals surface area contributed by atoms with Crippen molar-refractivity contribution >= 4 is 11.5 Å². The highest BCUT2D eigenvalue weighted by atomic mass is 16.5. The van der Waals surface area contributed by atoms with Crippen LogP contribution in [0.15, 0.2) is 18.2 Å². The van der Waals surface area contributed by atoms with Gasteiger partial charge >= 0.3 is 0 Å². The Kier molecular flexibility index (Phi) is 3.69. The number of nitrogens with zero attached hydrogens (tertiary/aromatic N) is 1. The van der Waals surface area contributed by atoms with Gasteiger partial charge in [-0.25, -0.2) is 0 Å². The lowest BCUT2D eigenvalue weighted by Crippen LogP contribution is -2.45. The van der Waals surface area contributed by atoms with Crippen molar-refractivity contribution in [2.24, 2.45) is 5.41 Å². The van der Waals surface area contributed by atoms with Gasteiger partial charge in [-0.3, -0.25) is 4.79 Å². The topological polar surface area (TPSA) is 38.8 Å². The maximum absolute atomic E-state index is 12.1. The summed E-state index contributed by atoms with van der Waals surface area (Å²) in [7, 11) is 3.26. The second kappa shape index (κ2) is 5.11. The molecule has 0 N–H and O–H groups in total. The number of benzene rings is 1. The standard InChI is InChI=1S/C15H21NO3/c1-15(2)7-8-16(10-14(15)17)12-6-5-11(18-3)9-13(12)19-4/h5-6,9H,7-8,10H2,1-4H3. The summed E-state index contributed by atoms with van der Waals surface area (Å²) in [6, 6.07) is 5.69. The summed E-state index contributed by atoms with van der Waals surface area (Å²) in [4.78, 5) is 14.2. The highest BCUT2D eigenvalue weighted by Gasteiger charge is 2.34. The van der Waals surface area contributed by atoms with Crippen LogP contribution in [0.3, 0.4) is 0 Å². The van der Waals surface area contributed by atoms with Gasteiger partial charge in [0, 0.05) is 18.0 Å². The summed E-state index contributed by atoms with van der Waals surface area (Å²) in [6.45, 7) is 5.33. The molecule has 0 radical (unpaired) electrons. The number of methoxy groups -OCH3 is 2. The minimum Gasteiger partial charge on any atom is -0.497 e. The van der Waals surface area contributed by atoms with Crippen molar-refractivity contribution in [1.29, 1.82) is 0 Å². The number of ether oxygens (including phenoxy) is 2. The quantitative estimate of drug-likeness (QED) is 0.840. The van der Waals surface area contributed by atoms with E-state index in [2.05, 4.69) is 4.90 Å². The third-order valence-corrected chi connectivity index (χ3v) is 3.82. The molecule has 0 unspecified atom stereocenters. The van der Waals surface area contributed by atoms with Gasteiger partial charge in [0.15, 0.2) is 5.78 Å². The third-order valence-electron chi connectivity index (χ3n) is 3.82. The zero-order valence-corrected chi connectivity index (χ0v) is 12.0. The number of ketones is 1. The van der Waals surface area contributed by atoms with Gasteiger partial charge in [0.1, 0.15) is 11.5 Å². The number of hydrogen-bond acceptors (Lipinski definition) is 4. The smallest absolute Gasteiger partial charge is 0.157 e. The molecule has 0 aliphatic carbocycles. The Hall–Kier alpha value is -1.71. The van der Waals surface area contributed by atoms with Gasteiger partial charge in [0.05, 0.1) is 26.5 Å². The highest BCUT2D eigenvalue weighted by Crippen LogP contribution is 2.36. The summed E-state index contributed by atoms with van der Waals surface area (Å²) < 4.78 is 10.6. The van der Waals surface area contributed by atoms with E-state index in [-0.39, 0.29) is 11.2 Å². The van der Waals surface area contributed by atoms with Crippen molar-refractivity contribution in [3.8, 4) is 11.5 Å². The molecule has 4 nitrogen and oxygen atoms in total. The average Bonchev–Trinajstić information content (AvgIpc) is 2.41. The van der Waals surface area contributed by atoms with E-state index in [1.165, 1.54) is 0 Å². The van der Waals surface area contributed by atoms with Gasteiger partial charge in [-0.2, -0.15) is 0 Å². The first-order valence-corrected chi connectivity index (χ1v) is 6.48. The monoisotopic (exact) mass is 263 g/mol. The van der Waals surface area contributed by atoms with Crippen molar-refractivity contribution in [3.63, 3.8) is 0 Å². The molecule has 0 spiro atoms. The highest BCUT2D eigenvalue weighted by molar-refractivity contribution is 5.90. The van der Waals surface area contributed by atoms with Gasteiger partial charge in [0.2, 0.25) is 0 Å². The van der Waals surface area contributed by atoms with Crippen LogP contribution >= 0.6 is 0 Å². The maximum Gasteiger partial charge on any atom is 0.157 e. The van der Waals surface area contributed by atoms with Gasteiger partial charge in [-0.15, -0.1) is 0 Å². The summed E-state index contributed by atoms with van der Waals surface area (Å²) in [6.07, 6.45) is 0.862. The summed E-state index contributed by atoms with van der Waals surface area (Å²) in [5, 5.41) is 0. The molecule has 4 heteroatoms. The Morgan fingerprint density at radius 2 is 1.95 bits per heavy atom. The predicted octanol–water partition coefficient (Wildman–Crippen LogP) is 2.51. The Morgan fingerprint density at radius 3 is 2.53 bits per heavy atom. The SMILES string of the molecule is COc1ccc(N2CCC(C)(C)C(=O)C2)c(OC)c1. The first-order valence-electron chi connectivity index (χ1n) is 6.48. The summed E-state index contributed by atoms with van der Waals surface area (Å²) in [5.74, 6) is 1.77. The normalized spacial score (nSPS) is 18.3. The largest absolute Gasteiger partial charge is 0.497 e. The lowest BCUT2D eigenvalue weighted by atomic mass is 9.81. The molecule has 1 aliphatic rings. The molecule has 0 aromatic heterocycles. The van der Waals surface area contributed by atoms with Crippen LogP contribution in [0.4, 0.5) is 5.69 Å². The lowest BCUT2D eigenvalue weighted by molar-refractivity contribution is -0.127. The van der Waals surface area contributed by atoms with Gasteiger partial charge in [-0.05, 0) is 18.6 Å². The fourth-order valence-corrected chi connectivity index (χ4v) is 2.27. The number of anilines is 1. The Labute approximate surface area is 114 Å². The molecule has 0 bridgehead atoms. The molecule has 104 valence electrons. The minimum absolute atomic E-state index is 0.212. The van der Waals surface area contributed by atoms with Crippen LogP contribution in [0.2, 0.25) is 0 Å². The number of Topliss-reactive ketones (excluding diaryl/α,β-unsaturated/α-hetero) is 1. The van der Waals surface area contributed by atoms with Crippen LogP contribution in [0, 0.1) is 5.41 Å². The molecule has 0 atom stereocenters. The first kappa shape index (κ1) is 13.7. The molecule has 1 aromatic rings. The van der Waals surface area contributed by atoms with Crippen LogP contribution in [-0.4, -0.2) is 33.1 Å². The lowest BCUT2D eigenvalue weighted by Gasteiger charge is -2.37. The second-order valence-corrected chi connectivity index (χ2v) is 5.52. The van der Waals surface area contributed by atoms with E-state index in [1.54, 1.807) is 14.2 Å². The molecule has 1 fully saturated rings. The Morgan fingerprint density at radius 1 is 1.21 bits per heavy atom. The van der Waals surface area contributed by atoms with E-state index < -0.39 is 0 Å². The molecule has 19 heavy (non-hydrogen) atoms. The third kappa shape index (κ3) is 2.67. The number of piperidine rings is 1. The Bertz CT molecular complexity index is 482. The molecule has 1 saturated heterocycles. The van der Waals surface area contributed by atoms with Gasteiger partial charge in [-0.1, -0.05) is 13.8 Å². The van der Waals surface area contributed by atoms with Gasteiger partial charge < -0.3 is 14.4 Å². The van der Waals surface area contributed by atoms with E-state index in [9.17, 15) is 4.79 Å². The van der Waals surface area contributed by atoms with Crippen LogP contribution in [0.25, 0.3) is 0 Å².